The smallest absolute Gasteiger partial charge is 0.261 e. The number of aromatic nitrogens is 1. The van der Waals surface area contributed by atoms with Gasteiger partial charge in [-0.1, -0.05) is 0 Å². The van der Waals surface area contributed by atoms with Crippen LogP contribution in [0, 0.1) is 0 Å². The highest BCUT2D eigenvalue weighted by molar-refractivity contribution is 7.92. The molecule has 1 fully saturated rings. The molecule has 3 aromatic carbocycles. The molecule has 0 bridgehead atoms. The van der Waals surface area contributed by atoms with Gasteiger partial charge in [-0.25, -0.2) is 13.4 Å². The van der Waals surface area contributed by atoms with Crippen molar-refractivity contribution in [2.45, 2.75) is 4.90 Å². The molecule has 4 aromatic rings. The normalized spacial score (nSPS) is 12.8. The van der Waals surface area contributed by atoms with Gasteiger partial charge in [0.2, 0.25) is 5.89 Å². The van der Waals surface area contributed by atoms with Crippen molar-refractivity contribution in [3.63, 3.8) is 0 Å². The van der Waals surface area contributed by atoms with Crippen molar-refractivity contribution in [2.24, 2.45) is 0 Å². The van der Waals surface area contributed by atoms with Crippen LogP contribution in [0.5, 0.6) is 5.75 Å². The average Bonchev–Trinajstić information content (AvgIpc) is 3.44. The summed E-state index contributed by atoms with van der Waals surface area (Å²) in [6, 6.07) is 19.8. The summed E-state index contributed by atoms with van der Waals surface area (Å²) in [6.45, 7) is 3.36. The molecule has 9 nitrogen and oxygen atoms in total. The molecular weight excluding hydrogens is 609 g/mol. The molecule has 13 heteroatoms. The van der Waals surface area contributed by atoms with Crippen LogP contribution in [0.2, 0.25) is 0 Å². The second-order valence-corrected chi connectivity index (χ2v) is 10.9. The van der Waals surface area contributed by atoms with Gasteiger partial charge in [-0.3, -0.25) is 4.72 Å². The number of benzene rings is 3. The quantitative estimate of drug-likeness (QED) is 0.258. The van der Waals surface area contributed by atoms with Crippen molar-refractivity contribution in [1.29, 1.82) is 0 Å². The van der Waals surface area contributed by atoms with Crippen molar-refractivity contribution in [3.05, 3.63) is 72.9 Å². The molecule has 0 unspecified atom stereocenters. The van der Waals surface area contributed by atoms with Crippen molar-refractivity contribution in [2.75, 3.05) is 61.9 Å². The predicted octanol–water partition coefficient (Wildman–Crippen LogP) is 5.56. The first-order chi connectivity index (χ1) is 18.3. The van der Waals surface area contributed by atoms with E-state index in [-0.39, 0.29) is 42.1 Å². The molecule has 222 valence electrons. The fraction of sp³-hybridized carbons (Fsp3) is 0.250. The number of hydrogen-bond donors (Lipinski definition) is 2. The van der Waals surface area contributed by atoms with Gasteiger partial charge in [-0.2, -0.15) is 0 Å². The highest BCUT2D eigenvalue weighted by Crippen LogP contribution is 2.33. The molecule has 0 atom stereocenters. The first-order valence-corrected chi connectivity index (χ1v) is 13.8. The third-order valence-electron chi connectivity index (χ3n) is 6.47. The van der Waals surface area contributed by atoms with Gasteiger partial charge in [0.25, 0.3) is 10.0 Å². The van der Waals surface area contributed by atoms with Gasteiger partial charge < -0.3 is 24.3 Å². The third kappa shape index (κ3) is 7.78. The Labute approximate surface area is 259 Å². The Kier molecular flexibility index (Phi) is 12.2. The number of nitrogens with zero attached hydrogens (tertiary/aromatic N) is 3. The maximum atomic E-state index is 13.1. The number of piperazine rings is 1. The zero-order chi connectivity index (χ0) is 26.7. The zero-order valence-electron chi connectivity index (χ0n) is 22.9. The monoisotopic (exact) mass is 641 g/mol. The van der Waals surface area contributed by atoms with E-state index in [0.717, 1.165) is 43.1 Å². The number of ether oxygens (including phenoxy) is 1. The van der Waals surface area contributed by atoms with Crippen LogP contribution < -0.4 is 24.6 Å². The molecular formula is C28H34Cl3N5O4S. The minimum atomic E-state index is -3.80. The van der Waals surface area contributed by atoms with Gasteiger partial charge in [0.15, 0.2) is 5.76 Å². The highest BCUT2D eigenvalue weighted by Gasteiger charge is 2.19. The van der Waals surface area contributed by atoms with Crippen LogP contribution in [0.1, 0.15) is 0 Å². The first-order valence-electron chi connectivity index (χ1n) is 12.3. The summed E-state index contributed by atoms with van der Waals surface area (Å²) in [6.07, 6.45) is 1.67. The summed E-state index contributed by atoms with van der Waals surface area (Å²) in [5.74, 6) is 1.77. The number of sulfonamides is 1. The van der Waals surface area contributed by atoms with Crippen LogP contribution in [-0.2, 0) is 10.0 Å². The highest BCUT2D eigenvalue weighted by atomic mass is 35.5. The molecule has 0 saturated carbocycles. The van der Waals surface area contributed by atoms with Gasteiger partial charge >= 0.3 is 0 Å². The lowest BCUT2D eigenvalue weighted by Crippen LogP contribution is -2.43. The largest absolute Gasteiger partial charge is 0.495 e. The predicted molar refractivity (Wildman–Crippen MR) is 172 cm³/mol. The van der Waals surface area contributed by atoms with Gasteiger partial charge in [0.1, 0.15) is 5.75 Å². The summed E-state index contributed by atoms with van der Waals surface area (Å²) < 4.78 is 40.5. The summed E-state index contributed by atoms with van der Waals surface area (Å²) in [4.78, 5) is 8.74. The number of nitrogens with one attached hydrogen (secondary N) is 2. The van der Waals surface area contributed by atoms with Gasteiger partial charge in [-0.15, -0.1) is 37.2 Å². The third-order valence-corrected chi connectivity index (χ3v) is 7.87. The summed E-state index contributed by atoms with van der Waals surface area (Å²) in [5.41, 5.74) is 4.03. The Bertz CT molecular complexity index is 1510. The van der Waals surface area contributed by atoms with E-state index in [2.05, 4.69) is 19.9 Å². The second-order valence-electron chi connectivity index (χ2n) is 9.22. The molecule has 0 aliphatic carbocycles. The summed E-state index contributed by atoms with van der Waals surface area (Å²) >= 11 is 0. The van der Waals surface area contributed by atoms with E-state index in [0.29, 0.717) is 28.7 Å². The average molecular weight is 643 g/mol. The van der Waals surface area contributed by atoms with Gasteiger partial charge in [0, 0.05) is 57.1 Å². The number of halogens is 3. The zero-order valence-corrected chi connectivity index (χ0v) is 26.1. The van der Waals surface area contributed by atoms with E-state index in [1.54, 1.807) is 49.7 Å². The maximum Gasteiger partial charge on any atom is 0.261 e. The Morgan fingerprint density at radius 3 is 2.17 bits per heavy atom. The second kappa shape index (κ2) is 14.7. The number of rotatable bonds is 8. The van der Waals surface area contributed by atoms with Crippen LogP contribution in [0.3, 0.4) is 0 Å². The number of methoxy groups -OCH3 is 1. The van der Waals surface area contributed by atoms with Crippen LogP contribution >= 0.6 is 37.2 Å². The van der Waals surface area contributed by atoms with E-state index in [1.165, 1.54) is 0 Å². The maximum absolute atomic E-state index is 13.1. The standard InChI is InChI=1S/C28H31N5O4S.3ClH/c1-32(2)23-9-4-20(5-10-23)27-19-30-28(37-27)21-6-11-24(12-7-21)38(34,35)31-22-8-13-26(36-3)25(18-22)33-16-14-29-15-17-33;;;/h4-13,18-19,29,31H,14-17H2,1-3H3;3*1H. The van der Waals surface area contributed by atoms with E-state index < -0.39 is 10.0 Å². The first kappa shape index (κ1) is 34.1. The Morgan fingerprint density at radius 1 is 0.927 bits per heavy atom. The number of oxazole rings is 1. The Hall–Kier alpha value is -3.15. The summed E-state index contributed by atoms with van der Waals surface area (Å²) in [5, 5.41) is 3.32. The molecule has 2 heterocycles. The number of hydrogen-bond acceptors (Lipinski definition) is 8. The minimum Gasteiger partial charge on any atom is -0.495 e. The van der Waals surface area contributed by atoms with Crippen LogP contribution in [0.4, 0.5) is 17.1 Å². The lowest BCUT2D eigenvalue weighted by atomic mass is 10.1. The van der Waals surface area contributed by atoms with Crippen LogP contribution in [-0.4, -0.2) is 60.8 Å². The van der Waals surface area contributed by atoms with E-state index in [9.17, 15) is 8.42 Å². The fourth-order valence-corrected chi connectivity index (χ4v) is 5.41. The van der Waals surface area contributed by atoms with Crippen LogP contribution in [0.15, 0.2) is 82.2 Å². The lowest BCUT2D eigenvalue weighted by Gasteiger charge is -2.31. The lowest BCUT2D eigenvalue weighted by molar-refractivity contribution is 0.413. The van der Waals surface area contributed by atoms with Crippen molar-refractivity contribution >= 4 is 64.3 Å². The topological polar surface area (TPSA) is 99.9 Å². The molecule has 1 aliphatic rings. The SMILES string of the molecule is COc1ccc(NS(=O)(=O)c2ccc(-c3ncc(-c4ccc(N(C)C)cc4)o3)cc2)cc1N1CCNCC1.Cl.Cl.Cl. The van der Waals surface area contributed by atoms with Crippen molar-refractivity contribution in [3.8, 4) is 28.5 Å². The minimum absolute atomic E-state index is 0. The molecule has 5 rings (SSSR count). The number of anilines is 3. The molecule has 0 amide bonds. The summed E-state index contributed by atoms with van der Waals surface area (Å²) in [7, 11) is 1.79. The van der Waals surface area contributed by atoms with Gasteiger partial charge in [-0.05, 0) is 66.7 Å². The Balaban J connectivity index is 0.00000196. The fourth-order valence-electron chi connectivity index (χ4n) is 4.36. The van der Waals surface area contributed by atoms with Crippen molar-refractivity contribution in [1.82, 2.24) is 10.3 Å². The molecule has 0 radical (unpaired) electrons. The molecule has 1 aromatic heterocycles. The van der Waals surface area contributed by atoms with Crippen molar-refractivity contribution < 1.29 is 17.6 Å². The van der Waals surface area contributed by atoms with E-state index >= 15 is 0 Å². The molecule has 0 spiro atoms. The molecule has 1 saturated heterocycles. The van der Waals surface area contributed by atoms with E-state index in [4.69, 9.17) is 9.15 Å². The molecule has 41 heavy (non-hydrogen) atoms. The molecule has 2 N–H and O–H groups in total. The Morgan fingerprint density at radius 2 is 1.56 bits per heavy atom. The molecule has 1 aliphatic heterocycles. The van der Waals surface area contributed by atoms with E-state index in [1.807, 2.05) is 49.3 Å². The van der Waals surface area contributed by atoms with Gasteiger partial charge in [0.05, 0.1) is 29.6 Å². The van der Waals surface area contributed by atoms with Crippen LogP contribution in [0.25, 0.3) is 22.8 Å².